The van der Waals surface area contributed by atoms with Crippen LogP contribution in [-0.2, 0) is 26.7 Å². The van der Waals surface area contributed by atoms with Crippen LogP contribution < -0.4 is 4.74 Å². The molecule has 6 heteroatoms. The zero-order valence-corrected chi connectivity index (χ0v) is 15.6. The SMILES string of the molecule is COc1ccc(C(=O)N2Cc3c(CN4CCCCC4)nn(C)c3C2)cc1. The van der Waals surface area contributed by atoms with Crippen molar-refractivity contribution in [1.29, 1.82) is 0 Å². The van der Waals surface area contributed by atoms with E-state index in [1.54, 1.807) is 7.11 Å². The number of piperidine rings is 1. The number of fused-ring (bicyclic) bond motifs is 1. The number of aryl methyl sites for hydroxylation is 1. The summed E-state index contributed by atoms with van der Waals surface area (Å²) in [6.07, 6.45) is 3.88. The molecule has 1 fully saturated rings. The van der Waals surface area contributed by atoms with E-state index in [0.717, 1.165) is 31.1 Å². The smallest absolute Gasteiger partial charge is 0.254 e. The van der Waals surface area contributed by atoms with E-state index in [4.69, 9.17) is 9.84 Å². The van der Waals surface area contributed by atoms with Crippen LogP contribution in [0.4, 0.5) is 0 Å². The number of hydrogen-bond donors (Lipinski definition) is 0. The second-order valence-electron chi connectivity index (χ2n) is 7.22. The predicted octanol–water partition coefficient (Wildman–Crippen LogP) is 2.57. The Kier molecular flexibility index (Phi) is 4.68. The Bertz CT molecular complexity index is 791. The standard InChI is InChI=1S/C20H26N4O2/c1-22-19-14-24(20(25)15-6-8-16(26-2)9-7-15)12-17(19)18(21-22)13-23-10-4-3-5-11-23/h6-9H,3-5,10-14H2,1-2H3. The van der Waals surface area contributed by atoms with Gasteiger partial charge in [0.05, 0.1) is 31.6 Å². The maximum atomic E-state index is 12.9. The maximum absolute atomic E-state index is 12.9. The number of benzene rings is 1. The van der Waals surface area contributed by atoms with Crippen molar-refractivity contribution in [3.05, 3.63) is 46.8 Å². The fraction of sp³-hybridized carbons (Fsp3) is 0.500. The summed E-state index contributed by atoms with van der Waals surface area (Å²) in [7, 11) is 3.62. The normalized spacial score (nSPS) is 17.4. The van der Waals surface area contributed by atoms with Gasteiger partial charge in [-0.25, -0.2) is 0 Å². The van der Waals surface area contributed by atoms with Crippen molar-refractivity contribution in [3.63, 3.8) is 0 Å². The summed E-state index contributed by atoms with van der Waals surface area (Å²) in [5.74, 6) is 0.826. The van der Waals surface area contributed by atoms with Gasteiger partial charge in [0.15, 0.2) is 0 Å². The summed E-state index contributed by atoms with van der Waals surface area (Å²) >= 11 is 0. The zero-order valence-electron chi connectivity index (χ0n) is 15.6. The molecule has 1 aromatic heterocycles. The molecule has 4 rings (SSSR count). The van der Waals surface area contributed by atoms with Gasteiger partial charge in [-0.2, -0.15) is 5.10 Å². The van der Waals surface area contributed by atoms with Gasteiger partial charge in [0.1, 0.15) is 5.75 Å². The van der Waals surface area contributed by atoms with Gasteiger partial charge in [-0.3, -0.25) is 14.4 Å². The highest BCUT2D eigenvalue weighted by Crippen LogP contribution is 2.28. The van der Waals surface area contributed by atoms with E-state index in [0.29, 0.717) is 18.7 Å². The molecule has 138 valence electrons. The van der Waals surface area contributed by atoms with Crippen LogP contribution in [0.15, 0.2) is 24.3 Å². The Morgan fingerprint density at radius 1 is 1.12 bits per heavy atom. The minimum absolute atomic E-state index is 0.0628. The molecule has 26 heavy (non-hydrogen) atoms. The van der Waals surface area contributed by atoms with Gasteiger partial charge < -0.3 is 9.64 Å². The third-order valence-corrected chi connectivity index (χ3v) is 5.49. The molecule has 0 N–H and O–H groups in total. The number of carbonyl (C=O) groups is 1. The van der Waals surface area contributed by atoms with Crippen LogP contribution in [0.1, 0.15) is 46.6 Å². The molecule has 1 saturated heterocycles. The molecule has 3 heterocycles. The molecule has 6 nitrogen and oxygen atoms in total. The molecule has 2 aliphatic heterocycles. The third-order valence-electron chi connectivity index (χ3n) is 5.49. The number of aromatic nitrogens is 2. The van der Waals surface area contributed by atoms with Gasteiger partial charge >= 0.3 is 0 Å². The first-order valence-corrected chi connectivity index (χ1v) is 9.35. The number of rotatable bonds is 4. The van der Waals surface area contributed by atoms with E-state index < -0.39 is 0 Å². The molecule has 0 aliphatic carbocycles. The average Bonchev–Trinajstić information content (AvgIpc) is 3.24. The number of likely N-dealkylation sites (tertiary alicyclic amines) is 1. The van der Waals surface area contributed by atoms with Gasteiger partial charge in [0, 0.05) is 24.7 Å². The van der Waals surface area contributed by atoms with Crippen molar-refractivity contribution in [2.75, 3.05) is 20.2 Å². The lowest BCUT2D eigenvalue weighted by Gasteiger charge is -2.26. The zero-order chi connectivity index (χ0) is 18.1. The topological polar surface area (TPSA) is 50.6 Å². The van der Waals surface area contributed by atoms with E-state index in [1.165, 1.54) is 30.5 Å². The highest BCUT2D eigenvalue weighted by Gasteiger charge is 2.30. The Hall–Kier alpha value is -2.34. The highest BCUT2D eigenvalue weighted by molar-refractivity contribution is 5.94. The summed E-state index contributed by atoms with van der Waals surface area (Å²) in [6.45, 7) is 4.48. The number of carbonyl (C=O) groups excluding carboxylic acids is 1. The minimum atomic E-state index is 0.0628. The minimum Gasteiger partial charge on any atom is -0.497 e. The van der Waals surface area contributed by atoms with Crippen LogP contribution in [0.5, 0.6) is 5.75 Å². The van der Waals surface area contributed by atoms with Crippen molar-refractivity contribution in [2.45, 2.75) is 38.9 Å². The van der Waals surface area contributed by atoms with Crippen LogP contribution in [0, 0.1) is 0 Å². The van der Waals surface area contributed by atoms with Gasteiger partial charge in [-0.05, 0) is 50.2 Å². The quantitative estimate of drug-likeness (QED) is 0.847. The molecule has 2 aliphatic rings. The summed E-state index contributed by atoms with van der Waals surface area (Å²) < 4.78 is 7.13. The third kappa shape index (κ3) is 3.21. The summed E-state index contributed by atoms with van der Waals surface area (Å²) in [6, 6.07) is 7.33. The highest BCUT2D eigenvalue weighted by atomic mass is 16.5. The number of methoxy groups -OCH3 is 1. The molecule has 0 saturated carbocycles. The Morgan fingerprint density at radius 3 is 2.54 bits per heavy atom. The van der Waals surface area contributed by atoms with Crippen LogP contribution >= 0.6 is 0 Å². The van der Waals surface area contributed by atoms with Crippen LogP contribution in [0.3, 0.4) is 0 Å². The van der Waals surface area contributed by atoms with Crippen molar-refractivity contribution in [2.24, 2.45) is 7.05 Å². The lowest BCUT2D eigenvalue weighted by atomic mass is 10.1. The second kappa shape index (κ2) is 7.11. The first-order chi connectivity index (χ1) is 12.7. The molecule has 0 atom stereocenters. The first-order valence-electron chi connectivity index (χ1n) is 9.35. The molecule has 2 aromatic rings. The lowest BCUT2D eigenvalue weighted by Crippen LogP contribution is -2.30. The number of nitrogens with zero attached hydrogens (tertiary/aromatic N) is 4. The first kappa shape index (κ1) is 17.1. The van der Waals surface area contributed by atoms with Crippen LogP contribution in [-0.4, -0.2) is 45.7 Å². The Morgan fingerprint density at radius 2 is 1.85 bits per heavy atom. The number of hydrogen-bond acceptors (Lipinski definition) is 4. The molecule has 1 amide bonds. The molecule has 0 bridgehead atoms. The summed E-state index contributed by atoms with van der Waals surface area (Å²) in [4.78, 5) is 17.3. The molecule has 0 radical (unpaired) electrons. The van der Waals surface area contributed by atoms with E-state index >= 15 is 0 Å². The van der Waals surface area contributed by atoms with Crippen LogP contribution in [0.25, 0.3) is 0 Å². The van der Waals surface area contributed by atoms with Crippen molar-refractivity contribution < 1.29 is 9.53 Å². The van der Waals surface area contributed by atoms with Gasteiger partial charge in [0.25, 0.3) is 5.91 Å². The van der Waals surface area contributed by atoms with Gasteiger partial charge in [-0.1, -0.05) is 6.42 Å². The molecular weight excluding hydrogens is 328 g/mol. The fourth-order valence-electron chi connectivity index (χ4n) is 3.99. The lowest BCUT2D eigenvalue weighted by molar-refractivity contribution is 0.0747. The largest absolute Gasteiger partial charge is 0.497 e. The summed E-state index contributed by atoms with van der Waals surface area (Å²) in [5.41, 5.74) is 4.23. The monoisotopic (exact) mass is 354 g/mol. The van der Waals surface area contributed by atoms with E-state index in [9.17, 15) is 4.79 Å². The number of ether oxygens (including phenoxy) is 1. The molecule has 0 spiro atoms. The molecule has 0 unspecified atom stereocenters. The average molecular weight is 354 g/mol. The Balaban J connectivity index is 1.49. The van der Waals surface area contributed by atoms with Gasteiger partial charge in [0.2, 0.25) is 0 Å². The van der Waals surface area contributed by atoms with E-state index in [1.807, 2.05) is 40.9 Å². The van der Waals surface area contributed by atoms with Crippen molar-refractivity contribution in [1.82, 2.24) is 19.6 Å². The van der Waals surface area contributed by atoms with Crippen molar-refractivity contribution in [3.8, 4) is 5.75 Å². The van der Waals surface area contributed by atoms with Crippen molar-refractivity contribution >= 4 is 5.91 Å². The predicted molar refractivity (Wildman–Crippen MR) is 98.9 cm³/mol. The fourth-order valence-corrected chi connectivity index (χ4v) is 3.99. The van der Waals surface area contributed by atoms with Gasteiger partial charge in [-0.15, -0.1) is 0 Å². The number of amides is 1. The maximum Gasteiger partial charge on any atom is 0.254 e. The second-order valence-corrected chi connectivity index (χ2v) is 7.22. The molecule has 1 aromatic carbocycles. The Labute approximate surface area is 154 Å². The molecular formula is C20H26N4O2. The van der Waals surface area contributed by atoms with E-state index in [-0.39, 0.29) is 5.91 Å². The summed E-state index contributed by atoms with van der Waals surface area (Å²) in [5, 5.41) is 4.74. The van der Waals surface area contributed by atoms with E-state index in [2.05, 4.69) is 4.90 Å². The van der Waals surface area contributed by atoms with Crippen LogP contribution in [0.2, 0.25) is 0 Å².